The Morgan fingerprint density at radius 2 is 1.56 bits per heavy atom. The van der Waals surface area contributed by atoms with Crippen LogP contribution in [0.15, 0.2) is 132 Å². The Labute approximate surface area is 211 Å². The summed E-state index contributed by atoms with van der Waals surface area (Å²) in [4.78, 5) is 0. The predicted molar refractivity (Wildman–Crippen MR) is 150 cm³/mol. The van der Waals surface area contributed by atoms with E-state index in [2.05, 4.69) is 126 Å². The molecule has 0 radical (unpaired) electrons. The Balaban J connectivity index is 1.80. The fraction of sp³-hybridized carbons (Fsp3) is 0.0909. The Kier molecular flexibility index (Phi) is 6.22. The summed E-state index contributed by atoms with van der Waals surface area (Å²) in [6.45, 7) is 6.70. The summed E-state index contributed by atoms with van der Waals surface area (Å²) >= 11 is 3.78. The number of hydrogen-bond acceptors (Lipinski definition) is 0. The second-order valence-corrected chi connectivity index (χ2v) is 9.72. The van der Waals surface area contributed by atoms with Gasteiger partial charge in [-0.05, 0) is 62.0 Å². The molecule has 3 aromatic carbocycles. The van der Waals surface area contributed by atoms with Gasteiger partial charge in [-0.1, -0.05) is 138 Å². The quantitative estimate of drug-likeness (QED) is 0.313. The molecule has 1 spiro atoms. The second kappa shape index (κ2) is 9.44. The van der Waals surface area contributed by atoms with Crippen molar-refractivity contribution in [2.45, 2.75) is 18.8 Å². The lowest BCUT2D eigenvalue weighted by molar-refractivity contribution is 0.759. The molecule has 166 valence electrons. The highest BCUT2D eigenvalue weighted by Gasteiger charge is 2.47. The van der Waals surface area contributed by atoms with Gasteiger partial charge in [-0.25, -0.2) is 0 Å². The van der Waals surface area contributed by atoms with Crippen molar-refractivity contribution in [1.82, 2.24) is 0 Å². The summed E-state index contributed by atoms with van der Waals surface area (Å²) < 4.78 is 1.16. The van der Waals surface area contributed by atoms with Crippen molar-refractivity contribution in [3.8, 4) is 11.1 Å². The first-order valence-electron chi connectivity index (χ1n) is 11.7. The molecule has 0 aliphatic heterocycles. The highest BCUT2D eigenvalue weighted by molar-refractivity contribution is 9.11. The van der Waals surface area contributed by atoms with Gasteiger partial charge in [0.1, 0.15) is 0 Å². The minimum Gasteiger partial charge on any atom is -0.0942 e. The molecule has 1 atom stereocenters. The normalized spacial score (nSPS) is 21.7. The van der Waals surface area contributed by atoms with Gasteiger partial charge in [0.15, 0.2) is 0 Å². The van der Waals surface area contributed by atoms with Crippen LogP contribution in [0, 0.1) is 0 Å². The average molecular weight is 503 g/mol. The molecule has 0 saturated carbocycles. The van der Waals surface area contributed by atoms with Crippen LogP contribution in [0.3, 0.4) is 0 Å². The highest BCUT2D eigenvalue weighted by Crippen LogP contribution is 2.57. The maximum absolute atomic E-state index is 4.67. The van der Waals surface area contributed by atoms with E-state index in [1.54, 1.807) is 0 Å². The minimum atomic E-state index is -0.435. The molecule has 2 aliphatic carbocycles. The molecule has 0 N–H and O–H groups in total. The third-order valence-electron chi connectivity index (χ3n) is 6.72. The lowest BCUT2D eigenvalue weighted by Gasteiger charge is -2.35. The predicted octanol–water partition coefficient (Wildman–Crippen LogP) is 9.09. The fourth-order valence-corrected chi connectivity index (χ4v) is 5.75. The second-order valence-electron chi connectivity index (χ2n) is 8.70. The molecule has 0 fully saturated rings. The summed E-state index contributed by atoms with van der Waals surface area (Å²) in [6.07, 6.45) is 19.7. The number of fused-ring (bicyclic) bond motifs is 7. The first-order valence-corrected chi connectivity index (χ1v) is 12.5. The van der Waals surface area contributed by atoms with Crippen LogP contribution in [-0.4, -0.2) is 0 Å². The van der Waals surface area contributed by atoms with Crippen LogP contribution in [0.5, 0.6) is 0 Å². The van der Waals surface area contributed by atoms with Gasteiger partial charge in [-0.2, -0.15) is 0 Å². The highest BCUT2D eigenvalue weighted by atomic mass is 79.9. The van der Waals surface area contributed by atoms with Gasteiger partial charge < -0.3 is 0 Å². The molecule has 2 aliphatic rings. The van der Waals surface area contributed by atoms with E-state index in [9.17, 15) is 0 Å². The molecule has 0 amide bonds. The molecular weight excluding hydrogens is 476 g/mol. The van der Waals surface area contributed by atoms with E-state index < -0.39 is 5.41 Å². The third-order valence-corrected chi connectivity index (χ3v) is 7.26. The topological polar surface area (TPSA) is 0 Å². The van der Waals surface area contributed by atoms with Crippen molar-refractivity contribution >= 4 is 22.0 Å². The number of benzene rings is 3. The molecule has 0 nitrogen and oxygen atoms in total. The SMILES string of the molecule is C=C1/C=C\C=C(\Br)Cc2ccccc2C12c1ccccc1-c1ccc(/C=C/C=C\C=C/C)cc12. The zero-order valence-corrected chi connectivity index (χ0v) is 20.9. The van der Waals surface area contributed by atoms with E-state index >= 15 is 0 Å². The Morgan fingerprint density at radius 1 is 0.824 bits per heavy atom. The van der Waals surface area contributed by atoms with Crippen molar-refractivity contribution in [1.29, 1.82) is 0 Å². The number of halogens is 1. The van der Waals surface area contributed by atoms with E-state index in [0.717, 1.165) is 16.5 Å². The largest absolute Gasteiger partial charge is 0.0942 e. The van der Waals surface area contributed by atoms with E-state index in [1.165, 1.54) is 38.9 Å². The lowest BCUT2D eigenvalue weighted by atomic mass is 9.66. The van der Waals surface area contributed by atoms with Crippen molar-refractivity contribution < 1.29 is 0 Å². The molecule has 0 heterocycles. The molecular formula is C33H27Br. The van der Waals surface area contributed by atoms with Crippen LogP contribution in [-0.2, 0) is 11.8 Å². The van der Waals surface area contributed by atoms with Gasteiger partial charge >= 0.3 is 0 Å². The Morgan fingerprint density at radius 3 is 2.41 bits per heavy atom. The molecule has 34 heavy (non-hydrogen) atoms. The van der Waals surface area contributed by atoms with Crippen molar-refractivity contribution in [3.63, 3.8) is 0 Å². The molecule has 1 unspecified atom stereocenters. The zero-order chi connectivity index (χ0) is 23.5. The van der Waals surface area contributed by atoms with Gasteiger partial charge in [0, 0.05) is 6.42 Å². The summed E-state index contributed by atoms with van der Waals surface area (Å²) in [5, 5.41) is 0. The van der Waals surface area contributed by atoms with Crippen molar-refractivity contribution in [2.24, 2.45) is 0 Å². The third kappa shape index (κ3) is 3.71. The van der Waals surface area contributed by atoms with Gasteiger partial charge in [-0.15, -0.1) is 0 Å². The standard InChI is InChI=1S/C33H27Br/c1-3-4-5-6-7-14-25-20-21-29-28-17-9-11-19-31(28)33(32(29)22-25)24(2)13-12-16-27(34)23-26-15-8-10-18-30(26)33/h3-22H,2,23H2,1H3/b4-3-,6-5-,13-12-,14-7+,27-16+. The molecule has 1 heteroatoms. The maximum Gasteiger partial charge on any atom is 0.0710 e. The van der Waals surface area contributed by atoms with E-state index in [1.807, 2.05) is 25.2 Å². The molecule has 0 bridgehead atoms. The van der Waals surface area contributed by atoms with Crippen molar-refractivity contribution in [2.75, 3.05) is 0 Å². The van der Waals surface area contributed by atoms with Crippen LogP contribution in [0.1, 0.15) is 34.7 Å². The summed E-state index contributed by atoms with van der Waals surface area (Å²) in [6, 6.07) is 24.5. The average Bonchev–Trinajstić information content (AvgIpc) is 3.16. The van der Waals surface area contributed by atoms with Crippen LogP contribution in [0.4, 0.5) is 0 Å². The van der Waals surface area contributed by atoms with Crippen LogP contribution < -0.4 is 0 Å². The summed E-state index contributed by atoms with van der Waals surface area (Å²) in [7, 11) is 0. The molecule has 3 aromatic rings. The van der Waals surface area contributed by atoms with Crippen LogP contribution in [0.2, 0.25) is 0 Å². The van der Waals surface area contributed by atoms with Crippen LogP contribution >= 0.6 is 15.9 Å². The van der Waals surface area contributed by atoms with Gasteiger partial charge in [0.2, 0.25) is 0 Å². The monoisotopic (exact) mass is 502 g/mol. The Hall–Kier alpha value is -3.42. The number of allylic oxidation sites excluding steroid dienone is 10. The fourth-order valence-electron chi connectivity index (χ4n) is 5.29. The first kappa shape index (κ1) is 22.4. The van der Waals surface area contributed by atoms with Crippen LogP contribution in [0.25, 0.3) is 17.2 Å². The summed E-state index contributed by atoms with van der Waals surface area (Å²) in [5.74, 6) is 0. The summed E-state index contributed by atoms with van der Waals surface area (Å²) in [5.41, 5.74) is 9.63. The minimum absolute atomic E-state index is 0.435. The first-order chi connectivity index (χ1) is 16.7. The Bertz CT molecular complexity index is 1410. The van der Waals surface area contributed by atoms with E-state index in [-0.39, 0.29) is 0 Å². The van der Waals surface area contributed by atoms with Crippen molar-refractivity contribution in [3.05, 3.63) is 160 Å². The van der Waals surface area contributed by atoms with Gasteiger partial charge in [0.25, 0.3) is 0 Å². The smallest absolute Gasteiger partial charge is 0.0710 e. The van der Waals surface area contributed by atoms with Gasteiger partial charge in [-0.3, -0.25) is 0 Å². The molecule has 5 rings (SSSR count). The molecule has 0 saturated heterocycles. The number of rotatable bonds is 3. The lowest BCUT2D eigenvalue weighted by Crippen LogP contribution is -2.30. The van der Waals surface area contributed by atoms with E-state index in [4.69, 9.17) is 0 Å². The maximum atomic E-state index is 4.67. The molecule has 0 aromatic heterocycles. The number of hydrogen-bond donors (Lipinski definition) is 0. The van der Waals surface area contributed by atoms with E-state index in [0.29, 0.717) is 0 Å². The van der Waals surface area contributed by atoms with Gasteiger partial charge in [0.05, 0.1) is 5.41 Å². The zero-order valence-electron chi connectivity index (χ0n) is 19.3.